The molecule has 0 saturated carbocycles. The van der Waals surface area contributed by atoms with Gasteiger partial charge in [0.1, 0.15) is 0 Å². The zero-order chi connectivity index (χ0) is 8.27. The van der Waals surface area contributed by atoms with Crippen LogP contribution < -0.4 is 5.73 Å². The number of aromatic nitrogens is 2. The molecule has 5 heteroatoms. The van der Waals surface area contributed by atoms with Gasteiger partial charge in [0.25, 0.3) is 5.22 Å². The lowest BCUT2D eigenvalue weighted by Gasteiger charge is -1.95. The maximum Gasteiger partial charge on any atom is 0.276 e. The molecule has 0 amide bonds. The molecule has 2 N–H and O–H groups in total. The van der Waals surface area contributed by atoms with Crippen LogP contribution in [0.3, 0.4) is 0 Å². The molecule has 0 spiro atoms. The number of nitrogens with two attached hydrogens (primary N) is 1. The Kier molecular flexibility index (Phi) is 2.90. The first-order valence-electron chi connectivity index (χ1n) is 3.41. The van der Waals surface area contributed by atoms with Gasteiger partial charge in [0.05, 0.1) is 6.54 Å². The normalized spacial score (nSPS) is 10.9. The van der Waals surface area contributed by atoms with E-state index in [1.807, 2.05) is 0 Å². The van der Waals surface area contributed by atoms with Gasteiger partial charge in [-0.2, -0.15) is 0 Å². The lowest BCUT2D eigenvalue weighted by molar-refractivity contribution is 0.414. The molecule has 0 unspecified atom stereocenters. The minimum Gasteiger partial charge on any atom is -0.415 e. The van der Waals surface area contributed by atoms with Gasteiger partial charge in [-0.3, -0.25) is 0 Å². The quantitative estimate of drug-likeness (QED) is 0.691. The van der Waals surface area contributed by atoms with Crippen LogP contribution in [0, 0.1) is 0 Å². The fourth-order valence-corrected chi connectivity index (χ4v) is 1.21. The Hall–Kier alpha value is -0.550. The van der Waals surface area contributed by atoms with Crippen LogP contribution in [0.4, 0.5) is 0 Å². The Morgan fingerprint density at radius 3 is 2.73 bits per heavy atom. The summed E-state index contributed by atoms with van der Waals surface area (Å²) < 4.78 is 5.16. The summed E-state index contributed by atoms with van der Waals surface area (Å²) in [5.74, 6) is 0.494. The molecule has 1 heterocycles. The van der Waals surface area contributed by atoms with Crippen LogP contribution in [0.2, 0.25) is 0 Å². The first-order chi connectivity index (χ1) is 5.22. The van der Waals surface area contributed by atoms with Gasteiger partial charge in [-0.1, -0.05) is 25.6 Å². The monoisotopic (exact) mass is 173 g/mol. The summed E-state index contributed by atoms with van der Waals surface area (Å²) in [5.41, 5.74) is 5.29. The maximum atomic E-state index is 5.29. The van der Waals surface area contributed by atoms with Crippen molar-refractivity contribution in [1.29, 1.82) is 0 Å². The highest BCUT2D eigenvalue weighted by atomic mass is 32.2. The van der Waals surface area contributed by atoms with E-state index in [9.17, 15) is 0 Å². The van der Waals surface area contributed by atoms with Crippen molar-refractivity contribution in [3.05, 3.63) is 5.89 Å². The van der Waals surface area contributed by atoms with E-state index >= 15 is 0 Å². The summed E-state index contributed by atoms with van der Waals surface area (Å²) in [6, 6.07) is 0. The van der Waals surface area contributed by atoms with E-state index in [2.05, 4.69) is 24.0 Å². The van der Waals surface area contributed by atoms with Crippen LogP contribution in [0.1, 0.15) is 19.7 Å². The van der Waals surface area contributed by atoms with Crippen LogP contribution in [-0.4, -0.2) is 15.4 Å². The first kappa shape index (κ1) is 8.55. The van der Waals surface area contributed by atoms with Crippen LogP contribution >= 0.6 is 11.8 Å². The average Bonchev–Trinajstić information content (AvgIpc) is 2.34. The molecule has 0 aliphatic heterocycles. The number of hydrogen-bond acceptors (Lipinski definition) is 5. The van der Waals surface area contributed by atoms with Gasteiger partial charge in [-0.15, -0.1) is 10.2 Å². The molecular weight excluding hydrogens is 162 g/mol. The Morgan fingerprint density at radius 2 is 2.27 bits per heavy atom. The highest BCUT2D eigenvalue weighted by Crippen LogP contribution is 2.20. The van der Waals surface area contributed by atoms with Gasteiger partial charge in [0.2, 0.25) is 5.89 Å². The van der Waals surface area contributed by atoms with E-state index in [1.165, 1.54) is 11.8 Å². The standard InChI is InChI=1S/C6H11N3OS/c1-4(2)11-6-9-8-5(3-7)10-6/h4H,3,7H2,1-2H3. The van der Waals surface area contributed by atoms with Crippen molar-refractivity contribution in [1.82, 2.24) is 10.2 Å². The Labute approximate surface area is 69.6 Å². The lowest BCUT2D eigenvalue weighted by atomic mass is 10.6. The number of nitrogens with zero attached hydrogens (tertiary/aromatic N) is 2. The highest BCUT2D eigenvalue weighted by Gasteiger charge is 2.06. The van der Waals surface area contributed by atoms with Crippen LogP contribution in [0.25, 0.3) is 0 Å². The Bertz CT molecular complexity index is 223. The zero-order valence-corrected chi connectivity index (χ0v) is 7.39. The summed E-state index contributed by atoms with van der Waals surface area (Å²) in [5, 5.41) is 8.58. The van der Waals surface area contributed by atoms with E-state index in [-0.39, 0.29) is 0 Å². The van der Waals surface area contributed by atoms with Crippen LogP contribution in [0.5, 0.6) is 0 Å². The molecule has 1 rings (SSSR count). The molecular formula is C6H11N3OS. The smallest absolute Gasteiger partial charge is 0.276 e. The third-order valence-corrected chi connectivity index (χ3v) is 1.80. The molecule has 62 valence electrons. The summed E-state index contributed by atoms with van der Waals surface area (Å²) in [4.78, 5) is 0. The molecule has 0 bridgehead atoms. The van der Waals surface area contributed by atoms with Crippen LogP contribution in [-0.2, 0) is 6.54 Å². The molecule has 0 radical (unpaired) electrons. The average molecular weight is 173 g/mol. The number of hydrogen-bond donors (Lipinski definition) is 1. The summed E-state index contributed by atoms with van der Waals surface area (Å²) in [7, 11) is 0. The molecule has 0 fully saturated rings. The van der Waals surface area contributed by atoms with Gasteiger partial charge < -0.3 is 10.2 Å². The largest absolute Gasteiger partial charge is 0.415 e. The van der Waals surface area contributed by atoms with E-state index in [0.29, 0.717) is 22.9 Å². The molecule has 1 aromatic rings. The second-order valence-corrected chi connectivity index (χ2v) is 3.86. The summed E-state index contributed by atoms with van der Waals surface area (Å²) >= 11 is 1.54. The minimum absolute atomic E-state index is 0.311. The van der Waals surface area contributed by atoms with Crippen molar-refractivity contribution in [2.24, 2.45) is 5.73 Å². The SMILES string of the molecule is CC(C)Sc1nnc(CN)o1. The first-order valence-corrected chi connectivity index (χ1v) is 4.29. The lowest BCUT2D eigenvalue weighted by Crippen LogP contribution is -1.95. The third-order valence-electron chi connectivity index (χ3n) is 0.959. The van der Waals surface area contributed by atoms with E-state index < -0.39 is 0 Å². The molecule has 0 aliphatic carbocycles. The van der Waals surface area contributed by atoms with Gasteiger partial charge in [-0.05, 0) is 0 Å². The number of thioether (sulfide) groups is 1. The van der Waals surface area contributed by atoms with Crippen molar-refractivity contribution in [2.75, 3.05) is 0 Å². The molecule has 0 atom stereocenters. The van der Waals surface area contributed by atoms with E-state index in [1.54, 1.807) is 0 Å². The van der Waals surface area contributed by atoms with Gasteiger partial charge in [-0.25, -0.2) is 0 Å². The highest BCUT2D eigenvalue weighted by molar-refractivity contribution is 7.99. The molecule has 1 aromatic heterocycles. The maximum absolute atomic E-state index is 5.29. The van der Waals surface area contributed by atoms with E-state index in [4.69, 9.17) is 10.2 Å². The van der Waals surface area contributed by atoms with Gasteiger partial charge in [0, 0.05) is 5.25 Å². The van der Waals surface area contributed by atoms with Gasteiger partial charge in [0.15, 0.2) is 0 Å². The number of rotatable bonds is 3. The predicted octanol–water partition coefficient (Wildman–Crippen LogP) is 1.03. The zero-order valence-electron chi connectivity index (χ0n) is 6.57. The molecule has 0 aliphatic rings. The Balaban J connectivity index is 2.58. The molecule has 0 aromatic carbocycles. The van der Waals surface area contributed by atoms with Crippen molar-refractivity contribution >= 4 is 11.8 Å². The van der Waals surface area contributed by atoms with Crippen molar-refractivity contribution in [2.45, 2.75) is 30.9 Å². The summed E-state index contributed by atoms with van der Waals surface area (Å²) in [6.07, 6.45) is 0. The fourth-order valence-electron chi connectivity index (χ4n) is 0.570. The van der Waals surface area contributed by atoms with Crippen molar-refractivity contribution in [3.63, 3.8) is 0 Å². The summed E-state index contributed by atoms with van der Waals surface area (Å²) in [6.45, 7) is 4.44. The Morgan fingerprint density at radius 1 is 1.55 bits per heavy atom. The fraction of sp³-hybridized carbons (Fsp3) is 0.667. The second kappa shape index (κ2) is 3.73. The topological polar surface area (TPSA) is 64.9 Å². The molecule has 0 saturated heterocycles. The van der Waals surface area contributed by atoms with E-state index in [0.717, 1.165) is 0 Å². The molecule has 11 heavy (non-hydrogen) atoms. The van der Waals surface area contributed by atoms with Gasteiger partial charge >= 0.3 is 0 Å². The predicted molar refractivity (Wildman–Crippen MR) is 43.2 cm³/mol. The van der Waals surface area contributed by atoms with Crippen molar-refractivity contribution in [3.8, 4) is 0 Å². The second-order valence-electron chi connectivity index (χ2n) is 2.33. The molecule has 4 nitrogen and oxygen atoms in total. The van der Waals surface area contributed by atoms with Crippen molar-refractivity contribution < 1.29 is 4.42 Å². The minimum atomic E-state index is 0.311. The third kappa shape index (κ3) is 2.51. The van der Waals surface area contributed by atoms with Crippen LogP contribution in [0.15, 0.2) is 9.64 Å².